The third-order valence-corrected chi connectivity index (χ3v) is 5.46. The topological polar surface area (TPSA) is 0 Å². The first-order valence-electron chi connectivity index (χ1n) is 10.0. The lowest BCUT2D eigenvalue weighted by Crippen LogP contribution is -1.98. The van der Waals surface area contributed by atoms with Gasteiger partial charge < -0.3 is 0 Å². The van der Waals surface area contributed by atoms with Crippen molar-refractivity contribution in [2.75, 3.05) is 0 Å². The molecule has 0 nitrogen and oxygen atoms in total. The molecule has 4 aromatic carbocycles. The molecule has 0 aliphatic heterocycles. The smallest absolute Gasteiger partial charge is 0.194 e. The summed E-state index contributed by atoms with van der Waals surface area (Å²) in [6, 6.07) is 24.2. The van der Waals surface area contributed by atoms with Crippen LogP contribution in [0.2, 0.25) is 0 Å². The van der Waals surface area contributed by atoms with Gasteiger partial charge in [0.05, 0.1) is 0 Å². The molecule has 0 unspecified atom stereocenters. The Kier molecular flexibility index (Phi) is 5.90. The van der Waals surface area contributed by atoms with Gasteiger partial charge in [-0.2, -0.15) is 0 Å². The third-order valence-electron chi connectivity index (χ3n) is 5.46. The predicted octanol–water partition coefficient (Wildman–Crippen LogP) is 7.92. The van der Waals surface area contributed by atoms with Crippen molar-refractivity contribution in [1.82, 2.24) is 0 Å². The lowest BCUT2D eigenvalue weighted by Gasteiger charge is -2.13. The molecule has 0 bridgehead atoms. The molecule has 156 valence electrons. The second-order valence-corrected chi connectivity index (χ2v) is 7.66. The lowest BCUT2D eigenvalue weighted by atomic mass is 9.92. The maximum absolute atomic E-state index is 14.7. The van der Waals surface area contributed by atoms with E-state index in [-0.39, 0.29) is 11.1 Å². The quantitative estimate of drug-likeness (QED) is 0.227. The highest BCUT2D eigenvalue weighted by molar-refractivity contribution is 5.71. The minimum atomic E-state index is -1.57. The van der Waals surface area contributed by atoms with Gasteiger partial charge in [-0.3, -0.25) is 0 Å². The van der Waals surface area contributed by atoms with E-state index >= 15 is 0 Å². The van der Waals surface area contributed by atoms with Crippen LogP contribution in [0, 0.1) is 23.3 Å². The summed E-state index contributed by atoms with van der Waals surface area (Å²) in [5.41, 5.74) is 3.89. The second kappa shape index (κ2) is 8.76. The molecule has 0 radical (unpaired) electrons. The maximum Gasteiger partial charge on any atom is 0.194 e. The third kappa shape index (κ3) is 4.53. The Balaban J connectivity index is 1.54. The zero-order chi connectivity index (χ0) is 22.0. The van der Waals surface area contributed by atoms with Gasteiger partial charge in [0.25, 0.3) is 0 Å². The average molecular weight is 420 g/mol. The van der Waals surface area contributed by atoms with E-state index in [1.807, 2.05) is 42.5 Å². The van der Waals surface area contributed by atoms with Crippen LogP contribution in [0.5, 0.6) is 0 Å². The van der Waals surface area contributed by atoms with E-state index in [1.54, 1.807) is 6.07 Å². The zero-order valence-electron chi connectivity index (χ0n) is 16.9. The van der Waals surface area contributed by atoms with Gasteiger partial charge in [-0.1, -0.05) is 73.7 Å². The molecule has 0 aliphatic carbocycles. The first-order chi connectivity index (χ1) is 14.9. The van der Waals surface area contributed by atoms with Gasteiger partial charge in [0.1, 0.15) is 5.82 Å². The fraction of sp³-hybridized carbons (Fsp3) is 0.111. The molecule has 0 aliphatic rings. The lowest BCUT2D eigenvalue weighted by molar-refractivity contribution is 0.447. The van der Waals surface area contributed by atoms with Gasteiger partial charge in [-0.15, -0.1) is 0 Å². The van der Waals surface area contributed by atoms with Crippen molar-refractivity contribution in [3.8, 4) is 22.3 Å². The Hall–Kier alpha value is -3.40. The number of halogens is 4. The summed E-state index contributed by atoms with van der Waals surface area (Å²) in [4.78, 5) is 0. The van der Waals surface area contributed by atoms with Crippen LogP contribution in [0.1, 0.15) is 24.0 Å². The van der Waals surface area contributed by atoms with Gasteiger partial charge in [-0.25, -0.2) is 17.6 Å². The van der Waals surface area contributed by atoms with Crippen LogP contribution in [-0.4, -0.2) is 0 Å². The van der Waals surface area contributed by atoms with Gasteiger partial charge in [0.2, 0.25) is 0 Å². The minimum Gasteiger partial charge on any atom is -0.206 e. The summed E-state index contributed by atoms with van der Waals surface area (Å²) in [7, 11) is 0. The molecule has 0 aromatic heterocycles. The summed E-state index contributed by atoms with van der Waals surface area (Å²) in [6.45, 7) is 2.18. The van der Waals surface area contributed by atoms with E-state index in [0.717, 1.165) is 24.1 Å². The molecular formula is C27H20F4. The highest BCUT2D eigenvalue weighted by Crippen LogP contribution is 2.30. The van der Waals surface area contributed by atoms with Crippen LogP contribution in [0.15, 0.2) is 84.9 Å². The zero-order valence-corrected chi connectivity index (χ0v) is 16.9. The van der Waals surface area contributed by atoms with Crippen LogP contribution in [0.3, 0.4) is 0 Å². The number of hydrogen-bond acceptors (Lipinski definition) is 0. The maximum atomic E-state index is 14.7. The largest absolute Gasteiger partial charge is 0.206 e. The molecule has 0 N–H and O–H groups in total. The van der Waals surface area contributed by atoms with E-state index in [2.05, 4.69) is 19.1 Å². The Morgan fingerprint density at radius 1 is 0.613 bits per heavy atom. The highest BCUT2D eigenvalue weighted by atomic mass is 19.2. The molecule has 0 spiro atoms. The monoisotopic (exact) mass is 420 g/mol. The van der Waals surface area contributed by atoms with Gasteiger partial charge in [0, 0.05) is 5.56 Å². The van der Waals surface area contributed by atoms with Crippen LogP contribution in [0.25, 0.3) is 22.3 Å². The minimum absolute atomic E-state index is 0.00913. The standard InChI is InChI=1S/C27H20F4/c1-17(19-5-3-2-4-6-19)13-18-7-9-20(10-8-18)21-11-12-23(24(28)14-21)22-15-25(29)27(31)26(30)16-22/h2-12,14-17H,13H2,1H3/t17-/m1/s1. The van der Waals surface area contributed by atoms with E-state index < -0.39 is 23.3 Å². The van der Waals surface area contributed by atoms with E-state index in [0.29, 0.717) is 11.5 Å². The Morgan fingerprint density at radius 3 is 1.81 bits per heavy atom. The number of hydrogen-bond donors (Lipinski definition) is 0. The number of rotatable bonds is 5. The fourth-order valence-corrected chi connectivity index (χ4v) is 3.73. The molecule has 0 amide bonds. The summed E-state index contributed by atoms with van der Waals surface area (Å²) in [5, 5.41) is 0. The molecular weight excluding hydrogens is 400 g/mol. The van der Waals surface area contributed by atoms with E-state index in [9.17, 15) is 17.6 Å². The summed E-state index contributed by atoms with van der Waals surface area (Å²) in [5.74, 6) is -4.52. The molecule has 4 aromatic rings. The van der Waals surface area contributed by atoms with E-state index in [1.165, 1.54) is 23.3 Å². The van der Waals surface area contributed by atoms with Crippen LogP contribution in [-0.2, 0) is 6.42 Å². The number of benzene rings is 4. The highest BCUT2D eigenvalue weighted by Gasteiger charge is 2.15. The van der Waals surface area contributed by atoms with Crippen molar-refractivity contribution in [2.45, 2.75) is 19.3 Å². The van der Waals surface area contributed by atoms with Crippen molar-refractivity contribution < 1.29 is 17.6 Å². The first kappa shape index (κ1) is 20.9. The van der Waals surface area contributed by atoms with Gasteiger partial charge >= 0.3 is 0 Å². The van der Waals surface area contributed by atoms with Gasteiger partial charge in [0.15, 0.2) is 17.5 Å². The van der Waals surface area contributed by atoms with Crippen molar-refractivity contribution >= 4 is 0 Å². The molecule has 0 fully saturated rings. The second-order valence-electron chi connectivity index (χ2n) is 7.66. The van der Waals surface area contributed by atoms with Crippen molar-refractivity contribution in [3.63, 3.8) is 0 Å². The SMILES string of the molecule is C[C@H](Cc1ccc(-c2ccc(-c3cc(F)c(F)c(F)c3)c(F)c2)cc1)c1ccccc1. The summed E-state index contributed by atoms with van der Waals surface area (Å²) in [6.07, 6.45) is 0.888. The van der Waals surface area contributed by atoms with Crippen LogP contribution < -0.4 is 0 Å². The van der Waals surface area contributed by atoms with E-state index in [4.69, 9.17) is 0 Å². The van der Waals surface area contributed by atoms with Crippen molar-refractivity contribution in [3.05, 3.63) is 119 Å². The van der Waals surface area contributed by atoms with Gasteiger partial charge in [-0.05, 0) is 58.4 Å². The molecule has 0 saturated heterocycles. The average Bonchev–Trinajstić information content (AvgIpc) is 2.78. The van der Waals surface area contributed by atoms with Crippen LogP contribution in [0.4, 0.5) is 17.6 Å². The molecule has 1 atom stereocenters. The Labute approximate surface area is 178 Å². The first-order valence-corrected chi connectivity index (χ1v) is 10.0. The Morgan fingerprint density at radius 2 is 1.19 bits per heavy atom. The molecule has 4 heteroatoms. The van der Waals surface area contributed by atoms with Crippen LogP contribution >= 0.6 is 0 Å². The normalized spacial score (nSPS) is 12.0. The fourth-order valence-electron chi connectivity index (χ4n) is 3.73. The van der Waals surface area contributed by atoms with Crippen molar-refractivity contribution in [2.24, 2.45) is 0 Å². The molecule has 4 rings (SSSR count). The Bertz CT molecular complexity index is 1170. The van der Waals surface area contributed by atoms with Crippen molar-refractivity contribution in [1.29, 1.82) is 0 Å². The molecule has 31 heavy (non-hydrogen) atoms. The summed E-state index contributed by atoms with van der Waals surface area (Å²) >= 11 is 0. The molecule has 0 heterocycles. The summed E-state index contributed by atoms with van der Waals surface area (Å²) < 4.78 is 54.9. The molecule has 0 saturated carbocycles. The predicted molar refractivity (Wildman–Crippen MR) is 116 cm³/mol.